The zero-order valence-electron chi connectivity index (χ0n) is 18.1. The van der Waals surface area contributed by atoms with Crippen LogP contribution in [0.4, 0.5) is 0 Å². The lowest BCUT2D eigenvalue weighted by molar-refractivity contribution is -0.139. The van der Waals surface area contributed by atoms with Gasteiger partial charge in [0.1, 0.15) is 18.4 Å². The third kappa shape index (κ3) is 4.89. The molecular weight excluding hydrogens is 698 g/mol. The molecule has 3 heterocycles. The Kier molecular flexibility index (Phi) is 7.96. The molecular formula is C24H18I2N2O4S2. The van der Waals surface area contributed by atoms with Crippen molar-refractivity contribution in [2.24, 2.45) is 4.99 Å². The summed E-state index contributed by atoms with van der Waals surface area (Å²) in [4.78, 5) is 32.6. The molecule has 1 atom stereocenters. The molecule has 34 heavy (non-hydrogen) atoms. The number of fused-ring (bicyclic) bond motifs is 1. The molecule has 4 rings (SSSR count). The number of ether oxygens (including phenoxy) is 2. The van der Waals surface area contributed by atoms with Gasteiger partial charge in [0.05, 0.1) is 26.0 Å². The highest BCUT2D eigenvalue weighted by atomic mass is 127. The van der Waals surface area contributed by atoms with E-state index in [2.05, 4.69) is 56.1 Å². The molecule has 0 radical (unpaired) electrons. The predicted molar refractivity (Wildman–Crippen MR) is 151 cm³/mol. The number of thiazole rings is 1. The number of allylic oxidation sites excluding steroid dienone is 1. The third-order valence-corrected chi connectivity index (χ3v) is 8.29. The van der Waals surface area contributed by atoms with Crippen LogP contribution in [0, 0.1) is 19.5 Å². The summed E-state index contributed by atoms with van der Waals surface area (Å²) in [5.74, 6) is 2.65. The van der Waals surface area contributed by atoms with Gasteiger partial charge in [-0.3, -0.25) is 9.36 Å². The van der Waals surface area contributed by atoms with E-state index in [9.17, 15) is 9.59 Å². The number of hydrogen-bond donors (Lipinski definition) is 0. The molecule has 1 aromatic carbocycles. The smallest absolute Gasteiger partial charge is 0.338 e. The molecule has 174 valence electrons. The van der Waals surface area contributed by atoms with Crippen molar-refractivity contribution in [3.8, 4) is 18.1 Å². The molecule has 0 aliphatic carbocycles. The number of esters is 1. The van der Waals surface area contributed by atoms with Crippen LogP contribution in [0.5, 0.6) is 5.75 Å². The molecule has 0 saturated heterocycles. The first-order valence-corrected chi connectivity index (χ1v) is 14.0. The van der Waals surface area contributed by atoms with E-state index in [1.807, 2.05) is 29.6 Å². The lowest BCUT2D eigenvalue weighted by Crippen LogP contribution is -2.39. The number of halogens is 2. The molecule has 10 heteroatoms. The quantitative estimate of drug-likeness (QED) is 0.219. The standard InChI is InChI=1S/C24H18I2N2O4S2/c1-4-8-32-21-14(10-15(25)12-16(21)26)11-18-22(29)28-20(17-7-6-9-33-17)19(23(30)31-5-2)13(3)27-24(28)34-18/h1,6-7,9-12,20H,5,8H2,2-3H3/b18-11-/t20-/m1/s1. The zero-order valence-corrected chi connectivity index (χ0v) is 24.1. The van der Waals surface area contributed by atoms with Gasteiger partial charge in [0.2, 0.25) is 0 Å². The summed E-state index contributed by atoms with van der Waals surface area (Å²) in [7, 11) is 0. The number of thiophene rings is 1. The van der Waals surface area contributed by atoms with E-state index < -0.39 is 12.0 Å². The van der Waals surface area contributed by atoms with Crippen molar-refractivity contribution in [2.75, 3.05) is 13.2 Å². The number of terminal acetylenes is 1. The summed E-state index contributed by atoms with van der Waals surface area (Å²) in [6.07, 6.45) is 7.19. The fraction of sp³-hybridized carbons (Fsp3) is 0.208. The van der Waals surface area contributed by atoms with E-state index in [1.54, 1.807) is 24.5 Å². The summed E-state index contributed by atoms with van der Waals surface area (Å²) >= 11 is 7.19. The molecule has 0 fully saturated rings. The summed E-state index contributed by atoms with van der Waals surface area (Å²) < 4.78 is 15.1. The van der Waals surface area contributed by atoms with Gasteiger partial charge >= 0.3 is 5.97 Å². The first-order valence-electron chi connectivity index (χ1n) is 10.1. The molecule has 3 aromatic rings. The first-order chi connectivity index (χ1) is 16.3. The second kappa shape index (κ2) is 10.8. The maximum absolute atomic E-state index is 13.7. The lowest BCUT2D eigenvalue weighted by Gasteiger charge is -2.23. The van der Waals surface area contributed by atoms with Gasteiger partial charge in [-0.05, 0) is 88.7 Å². The molecule has 0 saturated carbocycles. The van der Waals surface area contributed by atoms with Crippen molar-refractivity contribution in [1.82, 2.24) is 4.57 Å². The lowest BCUT2D eigenvalue weighted by atomic mass is 10.0. The monoisotopic (exact) mass is 716 g/mol. The van der Waals surface area contributed by atoms with Crippen molar-refractivity contribution < 1.29 is 14.3 Å². The fourth-order valence-electron chi connectivity index (χ4n) is 3.60. The normalized spacial score (nSPS) is 15.5. The van der Waals surface area contributed by atoms with Crippen LogP contribution in [0.3, 0.4) is 0 Å². The van der Waals surface area contributed by atoms with Gasteiger partial charge in [0.15, 0.2) is 4.80 Å². The van der Waals surface area contributed by atoms with Gasteiger partial charge < -0.3 is 9.47 Å². The Bertz CT molecular complexity index is 1510. The number of nitrogens with zero attached hydrogens (tertiary/aromatic N) is 2. The van der Waals surface area contributed by atoms with E-state index in [-0.39, 0.29) is 18.8 Å². The van der Waals surface area contributed by atoms with Crippen LogP contribution in [0.15, 0.2) is 50.7 Å². The number of carbonyl (C=O) groups is 1. The number of benzene rings is 1. The van der Waals surface area contributed by atoms with E-state index >= 15 is 0 Å². The van der Waals surface area contributed by atoms with E-state index in [1.165, 1.54) is 22.7 Å². The van der Waals surface area contributed by atoms with Crippen molar-refractivity contribution in [1.29, 1.82) is 0 Å². The summed E-state index contributed by atoms with van der Waals surface area (Å²) in [5.41, 5.74) is 1.45. The van der Waals surface area contributed by atoms with Gasteiger partial charge in [0.25, 0.3) is 5.56 Å². The molecule has 0 spiro atoms. The molecule has 6 nitrogen and oxygen atoms in total. The van der Waals surface area contributed by atoms with Crippen molar-refractivity contribution >= 4 is 79.9 Å². The number of rotatable bonds is 6. The average molecular weight is 716 g/mol. The highest BCUT2D eigenvalue weighted by Gasteiger charge is 2.33. The van der Waals surface area contributed by atoms with Gasteiger partial charge in [0, 0.05) is 14.0 Å². The number of aromatic nitrogens is 1. The fourth-order valence-corrected chi connectivity index (χ4v) is 7.51. The number of hydrogen-bond acceptors (Lipinski definition) is 7. The topological polar surface area (TPSA) is 69.9 Å². The Morgan fingerprint density at radius 2 is 2.18 bits per heavy atom. The SMILES string of the molecule is C#CCOc1c(I)cc(I)cc1/C=c1\sc2n(c1=O)[C@H](c1cccs1)C(C(=O)OCC)=C(C)N=2. The Morgan fingerprint density at radius 1 is 1.38 bits per heavy atom. The second-order valence-electron chi connectivity index (χ2n) is 7.12. The van der Waals surface area contributed by atoms with Crippen LogP contribution >= 0.6 is 67.9 Å². The van der Waals surface area contributed by atoms with Crippen LogP contribution in [0.2, 0.25) is 0 Å². The molecule has 0 unspecified atom stereocenters. The molecule has 0 N–H and O–H groups in total. The molecule has 1 aliphatic rings. The van der Waals surface area contributed by atoms with E-state index in [4.69, 9.17) is 15.9 Å². The largest absolute Gasteiger partial charge is 0.479 e. The minimum Gasteiger partial charge on any atom is -0.479 e. The predicted octanol–water partition coefficient (Wildman–Crippen LogP) is 4.08. The average Bonchev–Trinajstić information content (AvgIpc) is 3.41. The molecule has 0 bridgehead atoms. The van der Waals surface area contributed by atoms with Gasteiger partial charge in [-0.15, -0.1) is 17.8 Å². The molecule has 0 amide bonds. The van der Waals surface area contributed by atoms with Crippen LogP contribution in [-0.4, -0.2) is 23.8 Å². The Labute approximate surface area is 231 Å². The van der Waals surface area contributed by atoms with Crippen molar-refractivity contribution in [2.45, 2.75) is 19.9 Å². The Balaban J connectivity index is 1.94. The van der Waals surface area contributed by atoms with Gasteiger partial charge in [-0.25, -0.2) is 9.79 Å². The number of carbonyl (C=O) groups excluding carboxylic acids is 1. The maximum atomic E-state index is 13.7. The first kappa shape index (κ1) is 25.2. The van der Waals surface area contributed by atoms with Gasteiger partial charge in [-0.1, -0.05) is 23.3 Å². The van der Waals surface area contributed by atoms with Crippen LogP contribution in [0.25, 0.3) is 6.08 Å². The minimum absolute atomic E-state index is 0.124. The van der Waals surface area contributed by atoms with Crippen LogP contribution in [-0.2, 0) is 9.53 Å². The minimum atomic E-state index is -0.592. The van der Waals surface area contributed by atoms with E-state index in [0.717, 1.165) is 17.6 Å². The summed E-state index contributed by atoms with van der Waals surface area (Å²) in [6, 6.07) is 7.15. The van der Waals surface area contributed by atoms with E-state index in [0.29, 0.717) is 26.4 Å². The van der Waals surface area contributed by atoms with Crippen molar-refractivity contribution in [3.05, 3.63) is 78.2 Å². The summed E-state index contributed by atoms with van der Waals surface area (Å²) in [5, 5.41) is 1.92. The molecule has 2 aromatic heterocycles. The van der Waals surface area contributed by atoms with Crippen LogP contribution in [0.1, 0.15) is 30.3 Å². The zero-order chi connectivity index (χ0) is 24.4. The Morgan fingerprint density at radius 3 is 2.85 bits per heavy atom. The highest BCUT2D eigenvalue weighted by Crippen LogP contribution is 2.33. The maximum Gasteiger partial charge on any atom is 0.338 e. The van der Waals surface area contributed by atoms with Crippen LogP contribution < -0.4 is 19.6 Å². The highest BCUT2D eigenvalue weighted by molar-refractivity contribution is 14.1. The van der Waals surface area contributed by atoms with Crippen molar-refractivity contribution in [3.63, 3.8) is 0 Å². The second-order valence-corrected chi connectivity index (χ2v) is 11.5. The third-order valence-electron chi connectivity index (χ3n) is 4.95. The Hall–Kier alpha value is -1.95. The van der Waals surface area contributed by atoms with Gasteiger partial charge in [-0.2, -0.15) is 0 Å². The molecule has 1 aliphatic heterocycles. The summed E-state index contributed by atoms with van der Waals surface area (Å²) in [6.45, 7) is 3.89.